The fourth-order valence-corrected chi connectivity index (χ4v) is 4.08. The van der Waals surface area contributed by atoms with Crippen molar-refractivity contribution in [2.45, 2.75) is 13.5 Å². The summed E-state index contributed by atoms with van der Waals surface area (Å²) in [4.78, 5) is 30.3. The van der Waals surface area contributed by atoms with Crippen molar-refractivity contribution in [3.63, 3.8) is 0 Å². The second-order valence-electron chi connectivity index (χ2n) is 7.96. The predicted molar refractivity (Wildman–Crippen MR) is 114 cm³/mol. The summed E-state index contributed by atoms with van der Waals surface area (Å²) in [6.07, 6.45) is 3.52. The van der Waals surface area contributed by atoms with Gasteiger partial charge in [0.25, 0.3) is 0 Å². The van der Waals surface area contributed by atoms with Crippen molar-refractivity contribution in [2.75, 3.05) is 63.8 Å². The Balaban J connectivity index is 1.19. The van der Waals surface area contributed by atoms with Crippen LogP contribution in [0, 0.1) is 6.92 Å². The first kappa shape index (κ1) is 19.8. The van der Waals surface area contributed by atoms with Gasteiger partial charge < -0.3 is 9.80 Å². The number of hydrogen-bond acceptors (Lipinski definition) is 6. The molecule has 1 aromatic heterocycles. The van der Waals surface area contributed by atoms with E-state index in [1.165, 1.54) is 11.1 Å². The van der Waals surface area contributed by atoms with E-state index in [0.717, 1.165) is 64.9 Å². The lowest BCUT2D eigenvalue weighted by Crippen LogP contribution is -2.54. The fraction of sp³-hybridized carbons (Fsp3) is 0.500. The van der Waals surface area contributed by atoms with Crippen LogP contribution >= 0.6 is 0 Å². The third kappa shape index (κ3) is 5.31. The highest BCUT2D eigenvalue weighted by molar-refractivity contribution is 5.78. The fourth-order valence-electron chi connectivity index (χ4n) is 4.08. The van der Waals surface area contributed by atoms with E-state index in [0.29, 0.717) is 6.54 Å². The van der Waals surface area contributed by atoms with Crippen molar-refractivity contribution in [3.8, 4) is 0 Å². The molecule has 0 bridgehead atoms. The average Bonchev–Trinajstić information content (AvgIpc) is 2.76. The van der Waals surface area contributed by atoms with Crippen molar-refractivity contribution in [2.24, 2.45) is 0 Å². The third-order valence-electron chi connectivity index (χ3n) is 5.78. The second kappa shape index (κ2) is 9.33. The highest BCUT2D eigenvalue weighted by atomic mass is 16.2. The van der Waals surface area contributed by atoms with E-state index in [-0.39, 0.29) is 5.91 Å². The number of anilines is 1. The monoisotopic (exact) mass is 394 g/mol. The molecular weight excluding hydrogens is 364 g/mol. The van der Waals surface area contributed by atoms with Gasteiger partial charge in [0.1, 0.15) is 0 Å². The zero-order chi connectivity index (χ0) is 20.1. The molecule has 2 aromatic rings. The Hall–Kier alpha value is -2.51. The number of carbonyl (C=O) groups excluding carboxylic acids is 1. The second-order valence-corrected chi connectivity index (χ2v) is 7.96. The van der Waals surface area contributed by atoms with E-state index in [4.69, 9.17) is 0 Å². The summed E-state index contributed by atoms with van der Waals surface area (Å²) in [5, 5.41) is 0. The first-order valence-electron chi connectivity index (χ1n) is 10.5. The van der Waals surface area contributed by atoms with Gasteiger partial charge in [-0.15, -0.1) is 0 Å². The Morgan fingerprint density at radius 1 is 0.897 bits per heavy atom. The van der Waals surface area contributed by atoms with Crippen molar-refractivity contribution < 1.29 is 4.79 Å². The number of rotatable bonds is 5. The number of hydrogen-bond donors (Lipinski definition) is 0. The Labute approximate surface area is 172 Å². The molecule has 7 nitrogen and oxygen atoms in total. The van der Waals surface area contributed by atoms with E-state index in [9.17, 15) is 4.79 Å². The highest BCUT2D eigenvalue weighted by Gasteiger charge is 2.25. The van der Waals surface area contributed by atoms with Crippen molar-refractivity contribution in [3.05, 3.63) is 53.9 Å². The summed E-state index contributed by atoms with van der Waals surface area (Å²) in [5.41, 5.74) is 2.68. The Morgan fingerprint density at radius 3 is 2.28 bits per heavy atom. The standard InChI is InChI=1S/C22H30N6O/c1-19-4-2-5-20(16-19)17-25-8-10-26(11-9-25)18-21(29)27-12-14-28(15-13-27)22-23-6-3-7-24-22/h2-7,16H,8-15,17-18H2,1H3. The molecule has 0 radical (unpaired) electrons. The van der Waals surface area contributed by atoms with E-state index in [1.54, 1.807) is 12.4 Å². The Kier molecular flexibility index (Phi) is 6.36. The molecule has 3 heterocycles. The summed E-state index contributed by atoms with van der Waals surface area (Å²) in [6.45, 7) is 10.7. The molecule has 0 saturated carbocycles. The molecule has 0 unspecified atom stereocenters. The average molecular weight is 395 g/mol. The molecule has 2 aliphatic rings. The molecule has 2 aliphatic heterocycles. The van der Waals surface area contributed by atoms with Crippen LogP contribution in [-0.2, 0) is 11.3 Å². The number of nitrogens with zero attached hydrogens (tertiary/aromatic N) is 6. The lowest BCUT2D eigenvalue weighted by Gasteiger charge is -2.38. The molecule has 0 aliphatic carbocycles. The van der Waals surface area contributed by atoms with Gasteiger partial charge in [-0.25, -0.2) is 9.97 Å². The molecule has 0 spiro atoms. The Morgan fingerprint density at radius 2 is 1.59 bits per heavy atom. The van der Waals surface area contributed by atoms with Gasteiger partial charge in [0.2, 0.25) is 11.9 Å². The van der Waals surface area contributed by atoms with Crippen molar-refractivity contribution in [1.29, 1.82) is 0 Å². The lowest BCUT2D eigenvalue weighted by molar-refractivity contribution is -0.133. The van der Waals surface area contributed by atoms with Gasteiger partial charge in [0.05, 0.1) is 6.54 Å². The normalized spacial score (nSPS) is 18.8. The lowest BCUT2D eigenvalue weighted by atomic mass is 10.1. The minimum Gasteiger partial charge on any atom is -0.338 e. The van der Waals surface area contributed by atoms with Gasteiger partial charge in [-0.3, -0.25) is 14.6 Å². The van der Waals surface area contributed by atoms with Crippen LogP contribution in [0.25, 0.3) is 0 Å². The van der Waals surface area contributed by atoms with E-state index >= 15 is 0 Å². The maximum atomic E-state index is 12.7. The van der Waals surface area contributed by atoms with Gasteiger partial charge in [0, 0.05) is 71.3 Å². The number of aryl methyl sites for hydroxylation is 1. The molecular formula is C22H30N6O. The molecule has 154 valence electrons. The van der Waals surface area contributed by atoms with Crippen LogP contribution in [-0.4, -0.2) is 89.5 Å². The number of aromatic nitrogens is 2. The summed E-state index contributed by atoms with van der Waals surface area (Å²) in [7, 11) is 0. The van der Waals surface area contributed by atoms with E-state index < -0.39 is 0 Å². The maximum Gasteiger partial charge on any atom is 0.236 e. The quantitative estimate of drug-likeness (QED) is 0.761. The highest BCUT2D eigenvalue weighted by Crippen LogP contribution is 2.12. The predicted octanol–water partition coefficient (Wildman–Crippen LogP) is 1.25. The van der Waals surface area contributed by atoms with Crippen molar-refractivity contribution in [1.82, 2.24) is 24.7 Å². The van der Waals surface area contributed by atoms with Crippen molar-refractivity contribution >= 4 is 11.9 Å². The summed E-state index contributed by atoms with van der Waals surface area (Å²) >= 11 is 0. The van der Waals surface area contributed by atoms with Gasteiger partial charge in [-0.05, 0) is 18.6 Å². The summed E-state index contributed by atoms with van der Waals surface area (Å²) in [6, 6.07) is 10.5. The van der Waals surface area contributed by atoms with E-state index in [1.807, 2.05) is 11.0 Å². The number of benzene rings is 1. The molecule has 1 aromatic carbocycles. The zero-order valence-electron chi connectivity index (χ0n) is 17.2. The summed E-state index contributed by atoms with van der Waals surface area (Å²) in [5.74, 6) is 0.995. The maximum absolute atomic E-state index is 12.7. The smallest absolute Gasteiger partial charge is 0.236 e. The van der Waals surface area contributed by atoms with Gasteiger partial charge in [-0.2, -0.15) is 0 Å². The van der Waals surface area contributed by atoms with E-state index in [2.05, 4.69) is 55.9 Å². The van der Waals surface area contributed by atoms with Gasteiger partial charge in [0.15, 0.2) is 0 Å². The first-order valence-corrected chi connectivity index (χ1v) is 10.5. The summed E-state index contributed by atoms with van der Waals surface area (Å²) < 4.78 is 0. The van der Waals surface area contributed by atoms with Gasteiger partial charge in [-0.1, -0.05) is 29.8 Å². The van der Waals surface area contributed by atoms with Gasteiger partial charge >= 0.3 is 0 Å². The molecule has 0 atom stereocenters. The molecule has 1 amide bonds. The molecule has 2 saturated heterocycles. The number of piperazine rings is 2. The van der Waals surface area contributed by atoms with Crippen LogP contribution in [0.15, 0.2) is 42.7 Å². The van der Waals surface area contributed by atoms with Crippen LogP contribution in [0.5, 0.6) is 0 Å². The van der Waals surface area contributed by atoms with Crippen LogP contribution < -0.4 is 4.90 Å². The van der Waals surface area contributed by atoms with Crippen LogP contribution in [0.2, 0.25) is 0 Å². The van der Waals surface area contributed by atoms with Crippen LogP contribution in [0.4, 0.5) is 5.95 Å². The number of carbonyl (C=O) groups is 1. The number of amides is 1. The molecule has 7 heteroatoms. The van der Waals surface area contributed by atoms with Crippen LogP contribution in [0.3, 0.4) is 0 Å². The molecule has 4 rings (SSSR count). The SMILES string of the molecule is Cc1cccc(CN2CCN(CC(=O)N3CCN(c4ncccn4)CC3)CC2)c1. The topological polar surface area (TPSA) is 55.8 Å². The molecule has 29 heavy (non-hydrogen) atoms. The molecule has 0 N–H and O–H groups in total. The molecule has 2 fully saturated rings. The van der Waals surface area contributed by atoms with Crippen LogP contribution in [0.1, 0.15) is 11.1 Å². The minimum atomic E-state index is 0.241. The third-order valence-corrected chi connectivity index (χ3v) is 5.78. The minimum absolute atomic E-state index is 0.241. The largest absolute Gasteiger partial charge is 0.338 e. The zero-order valence-corrected chi connectivity index (χ0v) is 17.2. The first-order chi connectivity index (χ1) is 14.2. The Bertz CT molecular complexity index is 798.